The molecule has 26 heavy (non-hydrogen) atoms. The summed E-state index contributed by atoms with van der Waals surface area (Å²) < 4.78 is 11.4. The highest BCUT2D eigenvalue weighted by molar-refractivity contribution is 5.96. The molecule has 1 aromatic rings. The van der Waals surface area contributed by atoms with Crippen LogP contribution in [0.3, 0.4) is 0 Å². The number of aromatic hydroxyl groups is 2. The molecule has 0 radical (unpaired) electrons. The molecule has 2 aliphatic carbocycles. The molecule has 0 aromatic heterocycles. The molecule has 1 unspecified atom stereocenters. The normalized spacial score (nSPS) is 33.3. The van der Waals surface area contributed by atoms with Gasteiger partial charge in [-0.3, -0.25) is 9.69 Å². The Labute approximate surface area is 153 Å². The maximum absolute atomic E-state index is 12.7. The van der Waals surface area contributed by atoms with Crippen LogP contribution in [-0.4, -0.2) is 54.2 Å². The van der Waals surface area contributed by atoms with Crippen molar-refractivity contribution in [3.05, 3.63) is 35.1 Å². The van der Waals surface area contributed by atoms with Crippen molar-refractivity contribution in [2.75, 3.05) is 27.3 Å². The predicted octanol–water partition coefficient (Wildman–Crippen LogP) is 2.25. The largest absolute Gasteiger partial charge is 0.504 e. The fourth-order valence-electron chi connectivity index (χ4n) is 5.28. The Bertz CT molecular complexity index is 789. The van der Waals surface area contributed by atoms with E-state index in [4.69, 9.17) is 9.47 Å². The quantitative estimate of drug-likeness (QED) is 0.806. The molecule has 0 saturated carbocycles. The lowest BCUT2D eigenvalue weighted by Crippen LogP contribution is -2.62. The second kappa shape index (κ2) is 5.99. The van der Waals surface area contributed by atoms with Gasteiger partial charge in [0, 0.05) is 36.0 Å². The number of hydrogen-bond donors (Lipinski definition) is 2. The van der Waals surface area contributed by atoms with Gasteiger partial charge in [-0.15, -0.1) is 0 Å². The number of piperidine rings is 1. The number of carbonyl (C=O) groups is 1. The smallest absolute Gasteiger partial charge is 0.197 e. The second-order valence-electron chi connectivity index (χ2n) is 7.51. The van der Waals surface area contributed by atoms with Crippen LogP contribution in [0, 0.1) is 5.92 Å². The minimum Gasteiger partial charge on any atom is -0.504 e. The SMILES string of the molecule is CCO[C@@H]1c2ccc(O)c(O)c2[C@@]23CCN(C)[C@@H]1C2C=C(OC)C(=O)C3. The summed E-state index contributed by atoms with van der Waals surface area (Å²) in [6.07, 6.45) is 2.66. The number of likely N-dealkylation sites (N-methyl/N-ethyl adjacent to an activating group) is 1. The molecule has 4 atom stereocenters. The van der Waals surface area contributed by atoms with E-state index in [0.29, 0.717) is 17.9 Å². The highest BCUT2D eigenvalue weighted by Crippen LogP contribution is 2.60. The molecule has 1 fully saturated rings. The zero-order valence-corrected chi connectivity index (χ0v) is 15.4. The number of ketones is 1. The van der Waals surface area contributed by atoms with E-state index < -0.39 is 5.41 Å². The van der Waals surface area contributed by atoms with Crippen molar-refractivity contribution in [2.45, 2.75) is 37.3 Å². The minimum absolute atomic E-state index is 0.0364. The molecular formula is C20H25NO5. The molecule has 3 aliphatic rings. The second-order valence-corrected chi connectivity index (χ2v) is 7.51. The van der Waals surface area contributed by atoms with Crippen molar-refractivity contribution >= 4 is 5.78 Å². The standard InChI is InChI=1S/C20H25NO5/c1-4-26-19-11-5-6-13(22)18(24)16(11)20-7-8-21(2)17(19)12(20)9-15(25-3)14(23)10-20/h5-6,9,12,17,19,22,24H,4,7-8,10H2,1-3H3/t12?,17-,19-,20-/m1/s1. The van der Waals surface area contributed by atoms with Crippen molar-refractivity contribution in [3.8, 4) is 11.5 Å². The number of carbonyl (C=O) groups excluding carboxylic acids is 1. The average molecular weight is 359 g/mol. The van der Waals surface area contributed by atoms with Crippen molar-refractivity contribution in [1.82, 2.24) is 4.90 Å². The van der Waals surface area contributed by atoms with Crippen molar-refractivity contribution in [2.24, 2.45) is 5.92 Å². The van der Waals surface area contributed by atoms with Crippen LogP contribution in [0.4, 0.5) is 0 Å². The number of fused-ring (bicyclic) bond motifs is 1. The molecular weight excluding hydrogens is 334 g/mol. The molecule has 2 N–H and O–H groups in total. The number of likely N-dealkylation sites (tertiary alicyclic amines) is 1. The Morgan fingerprint density at radius 2 is 2.12 bits per heavy atom. The Balaban J connectivity index is 2.02. The van der Waals surface area contributed by atoms with E-state index in [-0.39, 0.29) is 41.8 Å². The van der Waals surface area contributed by atoms with Gasteiger partial charge in [0.2, 0.25) is 0 Å². The first-order valence-electron chi connectivity index (χ1n) is 9.10. The summed E-state index contributed by atoms with van der Waals surface area (Å²) >= 11 is 0. The monoisotopic (exact) mass is 359 g/mol. The maximum atomic E-state index is 12.7. The van der Waals surface area contributed by atoms with Gasteiger partial charge in [0.15, 0.2) is 23.0 Å². The molecule has 2 bridgehead atoms. The predicted molar refractivity (Wildman–Crippen MR) is 95.1 cm³/mol. The van der Waals surface area contributed by atoms with Gasteiger partial charge in [-0.1, -0.05) is 6.07 Å². The summed E-state index contributed by atoms with van der Waals surface area (Å²) in [4.78, 5) is 15.0. The summed E-state index contributed by atoms with van der Waals surface area (Å²) in [5, 5.41) is 20.9. The van der Waals surface area contributed by atoms with Gasteiger partial charge in [0.25, 0.3) is 0 Å². The van der Waals surface area contributed by atoms with Crippen LogP contribution < -0.4 is 0 Å². The lowest BCUT2D eigenvalue weighted by molar-refractivity contribution is -0.126. The van der Waals surface area contributed by atoms with Crippen molar-refractivity contribution < 1.29 is 24.5 Å². The molecule has 6 heteroatoms. The van der Waals surface area contributed by atoms with Crippen LogP contribution in [0.15, 0.2) is 24.0 Å². The Morgan fingerprint density at radius 3 is 2.81 bits per heavy atom. The number of Topliss-reactive ketones (excluding diaryl/α,β-unsaturated/α-hetero) is 1. The number of ether oxygens (including phenoxy) is 2. The Hall–Kier alpha value is -2.05. The number of hydrogen-bond acceptors (Lipinski definition) is 6. The van der Waals surface area contributed by atoms with Crippen LogP contribution in [0.25, 0.3) is 0 Å². The summed E-state index contributed by atoms with van der Waals surface area (Å²) in [7, 11) is 3.59. The maximum Gasteiger partial charge on any atom is 0.197 e. The van der Waals surface area contributed by atoms with E-state index in [1.807, 2.05) is 19.1 Å². The molecule has 6 nitrogen and oxygen atoms in total. The van der Waals surface area contributed by atoms with Gasteiger partial charge in [-0.05, 0) is 44.6 Å². The molecule has 0 spiro atoms. The van der Waals surface area contributed by atoms with Crippen molar-refractivity contribution in [3.63, 3.8) is 0 Å². The molecule has 1 saturated heterocycles. The number of nitrogens with zero attached hydrogens (tertiary/aromatic N) is 1. The number of methoxy groups -OCH3 is 1. The molecule has 4 rings (SSSR count). The third-order valence-electron chi connectivity index (χ3n) is 6.38. The first-order valence-corrected chi connectivity index (χ1v) is 9.10. The average Bonchev–Trinajstić information content (AvgIpc) is 2.62. The first-order chi connectivity index (χ1) is 12.4. The minimum atomic E-state index is -0.540. The zero-order valence-electron chi connectivity index (χ0n) is 15.4. The molecule has 1 aromatic carbocycles. The van der Waals surface area contributed by atoms with E-state index in [1.54, 1.807) is 0 Å². The van der Waals surface area contributed by atoms with Crippen molar-refractivity contribution in [1.29, 1.82) is 0 Å². The van der Waals surface area contributed by atoms with E-state index in [0.717, 1.165) is 18.5 Å². The number of phenols is 2. The summed E-state index contributed by atoms with van der Waals surface area (Å²) in [5.74, 6) is 0.00580. The number of phenolic OH excluding ortho intramolecular Hbond substituents is 2. The number of benzene rings is 1. The van der Waals surface area contributed by atoms with Gasteiger partial charge in [0.05, 0.1) is 13.2 Å². The Morgan fingerprint density at radius 1 is 1.35 bits per heavy atom. The molecule has 1 aliphatic heterocycles. The topological polar surface area (TPSA) is 79.2 Å². The lowest BCUT2D eigenvalue weighted by Gasteiger charge is -2.58. The molecule has 1 heterocycles. The van der Waals surface area contributed by atoms with E-state index in [1.165, 1.54) is 13.2 Å². The third kappa shape index (κ3) is 2.15. The fraction of sp³-hybridized carbons (Fsp3) is 0.550. The third-order valence-corrected chi connectivity index (χ3v) is 6.38. The first kappa shape index (κ1) is 17.4. The fourth-order valence-corrected chi connectivity index (χ4v) is 5.28. The van der Waals surface area contributed by atoms with Crippen LogP contribution in [-0.2, 0) is 19.7 Å². The van der Waals surface area contributed by atoms with Crippen LogP contribution in [0.2, 0.25) is 0 Å². The van der Waals surface area contributed by atoms with Gasteiger partial charge < -0.3 is 19.7 Å². The molecule has 140 valence electrons. The van der Waals surface area contributed by atoms with Gasteiger partial charge in [-0.2, -0.15) is 0 Å². The van der Waals surface area contributed by atoms with Crippen LogP contribution in [0.1, 0.15) is 37.0 Å². The Kier molecular flexibility index (Phi) is 4.00. The highest BCUT2D eigenvalue weighted by Gasteiger charge is 2.59. The van der Waals surface area contributed by atoms with Gasteiger partial charge in [0.1, 0.15) is 0 Å². The van der Waals surface area contributed by atoms with Gasteiger partial charge in [-0.25, -0.2) is 0 Å². The van der Waals surface area contributed by atoms with E-state index >= 15 is 0 Å². The van der Waals surface area contributed by atoms with E-state index in [9.17, 15) is 15.0 Å². The summed E-state index contributed by atoms with van der Waals surface area (Å²) in [6.45, 7) is 3.28. The lowest BCUT2D eigenvalue weighted by atomic mass is 9.52. The highest BCUT2D eigenvalue weighted by atomic mass is 16.5. The summed E-state index contributed by atoms with van der Waals surface area (Å²) in [6, 6.07) is 3.38. The number of allylic oxidation sites excluding steroid dienone is 1. The van der Waals surface area contributed by atoms with Gasteiger partial charge >= 0.3 is 0 Å². The number of rotatable bonds is 3. The molecule has 0 amide bonds. The van der Waals surface area contributed by atoms with E-state index in [2.05, 4.69) is 11.9 Å². The summed E-state index contributed by atoms with van der Waals surface area (Å²) in [5.41, 5.74) is 1.00. The van der Waals surface area contributed by atoms with Crippen LogP contribution >= 0.6 is 0 Å². The van der Waals surface area contributed by atoms with Crippen LogP contribution in [0.5, 0.6) is 11.5 Å². The zero-order chi connectivity index (χ0) is 18.6.